The molecule has 0 aliphatic rings. The molecule has 128 valence electrons. The van der Waals surface area contributed by atoms with Crippen LogP contribution < -0.4 is 4.74 Å². The van der Waals surface area contributed by atoms with Gasteiger partial charge in [0.05, 0.1) is 12.3 Å². The number of H-pyrrole nitrogens is 1. The number of hydrogen-bond acceptors (Lipinski definition) is 4. The highest BCUT2D eigenvalue weighted by Gasteiger charge is 2.09. The van der Waals surface area contributed by atoms with Gasteiger partial charge in [0.15, 0.2) is 5.82 Å². The van der Waals surface area contributed by atoms with Crippen molar-refractivity contribution in [1.29, 1.82) is 0 Å². The standard InChI is InChI=1S/C18H17BrN4OS/c1-12(2)24-16-5-3-4-14(10-16)17-21-22-18(25)23(17)20-11-13-6-8-15(19)9-7-13/h3-12H,1-2H3,(H,22,25)/b20-11-. The van der Waals surface area contributed by atoms with E-state index >= 15 is 0 Å². The summed E-state index contributed by atoms with van der Waals surface area (Å²) in [5.41, 5.74) is 1.84. The SMILES string of the molecule is CC(C)Oc1cccc(-c2n[nH]c(=S)n2/N=C\c2ccc(Br)cc2)c1. The molecule has 0 saturated carbocycles. The molecule has 0 radical (unpaired) electrons. The molecule has 0 unspecified atom stereocenters. The van der Waals surface area contributed by atoms with Crippen molar-refractivity contribution in [3.8, 4) is 17.1 Å². The van der Waals surface area contributed by atoms with Gasteiger partial charge in [0.1, 0.15) is 5.75 Å². The van der Waals surface area contributed by atoms with E-state index in [1.165, 1.54) is 0 Å². The van der Waals surface area contributed by atoms with Gasteiger partial charge >= 0.3 is 0 Å². The van der Waals surface area contributed by atoms with Gasteiger partial charge in [0.25, 0.3) is 0 Å². The first-order chi connectivity index (χ1) is 12.0. The zero-order valence-electron chi connectivity index (χ0n) is 13.8. The topological polar surface area (TPSA) is 55.2 Å². The Hall–Kier alpha value is -2.25. The van der Waals surface area contributed by atoms with Gasteiger partial charge < -0.3 is 4.74 Å². The lowest BCUT2D eigenvalue weighted by Crippen LogP contribution is -2.05. The molecule has 7 heteroatoms. The Balaban J connectivity index is 1.94. The van der Waals surface area contributed by atoms with Crippen molar-refractivity contribution < 1.29 is 4.74 Å². The van der Waals surface area contributed by atoms with E-state index in [9.17, 15) is 0 Å². The number of benzene rings is 2. The van der Waals surface area contributed by atoms with Crippen LogP contribution in [0.15, 0.2) is 58.1 Å². The Morgan fingerprint density at radius 2 is 2.00 bits per heavy atom. The summed E-state index contributed by atoms with van der Waals surface area (Å²) in [7, 11) is 0. The van der Waals surface area contributed by atoms with Gasteiger partial charge in [-0.3, -0.25) is 0 Å². The maximum Gasteiger partial charge on any atom is 0.216 e. The van der Waals surface area contributed by atoms with Gasteiger partial charge in [-0.25, -0.2) is 5.10 Å². The Kier molecular flexibility index (Phi) is 5.45. The van der Waals surface area contributed by atoms with Gasteiger partial charge in [0, 0.05) is 10.0 Å². The van der Waals surface area contributed by atoms with Crippen LogP contribution in [0.3, 0.4) is 0 Å². The van der Waals surface area contributed by atoms with Crippen LogP contribution in [-0.4, -0.2) is 27.2 Å². The van der Waals surface area contributed by atoms with Crippen LogP contribution in [-0.2, 0) is 0 Å². The summed E-state index contributed by atoms with van der Waals surface area (Å²) >= 11 is 8.72. The van der Waals surface area contributed by atoms with E-state index in [1.807, 2.05) is 62.4 Å². The second kappa shape index (κ2) is 7.76. The summed E-state index contributed by atoms with van der Waals surface area (Å²) in [6.45, 7) is 3.98. The van der Waals surface area contributed by atoms with Crippen LogP contribution in [0.5, 0.6) is 5.75 Å². The van der Waals surface area contributed by atoms with E-state index in [0.717, 1.165) is 21.3 Å². The summed E-state index contributed by atoms with van der Waals surface area (Å²) in [5.74, 6) is 1.41. The lowest BCUT2D eigenvalue weighted by Gasteiger charge is -2.10. The molecular weight excluding hydrogens is 400 g/mol. The number of aromatic nitrogens is 3. The molecule has 0 aliphatic carbocycles. The first-order valence-corrected chi connectivity index (χ1v) is 8.97. The van der Waals surface area contributed by atoms with Gasteiger partial charge in [-0.2, -0.15) is 14.9 Å². The van der Waals surface area contributed by atoms with Crippen molar-refractivity contribution in [3.05, 3.63) is 63.3 Å². The van der Waals surface area contributed by atoms with E-state index in [-0.39, 0.29) is 6.10 Å². The summed E-state index contributed by atoms with van der Waals surface area (Å²) in [6.07, 6.45) is 1.85. The Labute approximate surface area is 159 Å². The van der Waals surface area contributed by atoms with Crippen molar-refractivity contribution >= 4 is 34.4 Å². The predicted molar refractivity (Wildman–Crippen MR) is 106 cm³/mol. The first kappa shape index (κ1) is 17.6. The van der Waals surface area contributed by atoms with Gasteiger partial charge in [-0.05, 0) is 55.9 Å². The Bertz CT molecular complexity index is 944. The fourth-order valence-corrected chi connectivity index (χ4v) is 2.68. The lowest BCUT2D eigenvalue weighted by atomic mass is 10.2. The van der Waals surface area contributed by atoms with Crippen molar-refractivity contribution in [2.45, 2.75) is 20.0 Å². The van der Waals surface area contributed by atoms with Crippen LogP contribution in [0.4, 0.5) is 0 Å². The Morgan fingerprint density at radius 1 is 1.24 bits per heavy atom. The molecule has 0 amide bonds. The zero-order chi connectivity index (χ0) is 17.8. The number of nitrogens with one attached hydrogen (secondary N) is 1. The molecule has 3 aromatic rings. The van der Waals surface area contributed by atoms with Crippen LogP contribution in [0.25, 0.3) is 11.4 Å². The van der Waals surface area contributed by atoms with Crippen LogP contribution in [0.1, 0.15) is 19.4 Å². The molecule has 3 rings (SSSR count). The number of hydrogen-bond donors (Lipinski definition) is 1. The normalized spacial score (nSPS) is 11.4. The summed E-state index contributed by atoms with van der Waals surface area (Å²) in [6, 6.07) is 15.6. The second-order valence-corrected chi connectivity index (χ2v) is 6.96. The number of ether oxygens (including phenoxy) is 1. The van der Waals surface area contributed by atoms with E-state index in [4.69, 9.17) is 17.0 Å². The van der Waals surface area contributed by atoms with Crippen LogP contribution >= 0.6 is 28.1 Å². The minimum atomic E-state index is 0.103. The molecular formula is C18H17BrN4OS. The Morgan fingerprint density at radius 3 is 2.72 bits per heavy atom. The highest BCUT2D eigenvalue weighted by molar-refractivity contribution is 9.10. The molecule has 2 aromatic carbocycles. The van der Waals surface area contributed by atoms with Gasteiger partial charge in [0.2, 0.25) is 4.77 Å². The molecule has 0 atom stereocenters. The van der Waals surface area contributed by atoms with Crippen molar-refractivity contribution in [1.82, 2.24) is 14.9 Å². The van der Waals surface area contributed by atoms with E-state index in [0.29, 0.717) is 10.6 Å². The van der Waals surface area contributed by atoms with Crippen molar-refractivity contribution in [2.75, 3.05) is 0 Å². The summed E-state index contributed by atoms with van der Waals surface area (Å²) in [5, 5.41) is 11.6. The summed E-state index contributed by atoms with van der Waals surface area (Å²) < 4.78 is 8.80. The zero-order valence-corrected chi connectivity index (χ0v) is 16.2. The van der Waals surface area contributed by atoms with Crippen molar-refractivity contribution in [2.24, 2.45) is 5.10 Å². The predicted octanol–water partition coefficient (Wildman–Crippen LogP) is 5.04. The number of nitrogens with zero attached hydrogens (tertiary/aromatic N) is 3. The molecule has 5 nitrogen and oxygen atoms in total. The third kappa shape index (κ3) is 4.43. The van der Waals surface area contributed by atoms with Gasteiger partial charge in [-0.15, -0.1) is 0 Å². The number of aromatic amines is 1. The second-order valence-electron chi connectivity index (χ2n) is 5.65. The minimum Gasteiger partial charge on any atom is -0.491 e. The third-order valence-corrected chi connectivity index (χ3v) is 4.10. The first-order valence-electron chi connectivity index (χ1n) is 7.77. The summed E-state index contributed by atoms with van der Waals surface area (Å²) in [4.78, 5) is 0. The largest absolute Gasteiger partial charge is 0.491 e. The lowest BCUT2D eigenvalue weighted by molar-refractivity contribution is 0.242. The van der Waals surface area contributed by atoms with Gasteiger partial charge in [-0.1, -0.05) is 40.2 Å². The highest BCUT2D eigenvalue weighted by atomic mass is 79.9. The average Bonchev–Trinajstić information content (AvgIpc) is 2.95. The van der Waals surface area contributed by atoms with E-state index < -0.39 is 0 Å². The highest BCUT2D eigenvalue weighted by Crippen LogP contribution is 2.23. The fourth-order valence-electron chi connectivity index (χ4n) is 2.24. The van der Waals surface area contributed by atoms with Crippen LogP contribution in [0, 0.1) is 4.77 Å². The van der Waals surface area contributed by atoms with E-state index in [2.05, 4.69) is 31.2 Å². The average molecular weight is 417 g/mol. The molecule has 1 aromatic heterocycles. The fraction of sp³-hybridized carbons (Fsp3) is 0.167. The van der Waals surface area contributed by atoms with Crippen molar-refractivity contribution in [3.63, 3.8) is 0 Å². The third-order valence-electron chi connectivity index (χ3n) is 3.31. The monoisotopic (exact) mass is 416 g/mol. The molecule has 0 bridgehead atoms. The maximum absolute atomic E-state index is 5.75. The molecule has 0 fully saturated rings. The quantitative estimate of drug-likeness (QED) is 0.468. The minimum absolute atomic E-state index is 0.103. The number of halogens is 1. The molecule has 0 spiro atoms. The molecule has 25 heavy (non-hydrogen) atoms. The maximum atomic E-state index is 5.75. The van der Waals surface area contributed by atoms with Crippen LogP contribution in [0.2, 0.25) is 0 Å². The smallest absolute Gasteiger partial charge is 0.216 e. The number of rotatable bonds is 5. The van der Waals surface area contributed by atoms with E-state index in [1.54, 1.807) is 10.9 Å². The molecule has 0 saturated heterocycles. The molecule has 0 aliphatic heterocycles. The molecule has 1 heterocycles. The molecule has 1 N–H and O–H groups in total.